The van der Waals surface area contributed by atoms with Crippen LogP contribution in [0.15, 0.2) is 47.6 Å². The molecule has 0 aromatic heterocycles. The first-order valence-corrected chi connectivity index (χ1v) is 13.6. The van der Waals surface area contributed by atoms with Crippen LogP contribution in [0.1, 0.15) is 30.4 Å². The summed E-state index contributed by atoms with van der Waals surface area (Å²) in [4.78, 5) is 40.6. The van der Waals surface area contributed by atoms with Gasteiger partial charge in [-0.1, -0.05) is 18.2 Å². The predicted octanol–water partition coefficient (Wildman–Crippen LogP) is 1.96. The molecule has 216 valence electrons. The minimum atomic E-state index is -1.21. The summed E-state index contributed by atoms with van der Waals surface area (Å²) in [6.07, 6.45) is -2.25. The summed E-state index contributed by atoms with van der Waals surface area (Å²) >= 11 is 0. The highest BCUT2D eigenvalue weighted by atomic mass is 16.7. The zero-order valence-corrected chi connectivity index (χ0v) is 22.4. The van der Waals surface area contributed by atoms with Crippen LogP contribution < -0.4 is 19.6 Å². The number of imide groups is 1. The van der Waals surface area contributed by atoms with E-state index in [1.54, 1.807) is 49.6 Å². The van der Waals surface area contributed by atoms with Crippen LogP contribution in [-0.4, -0.2) is 64.8 Å². The van der Waals surface area contributed by atoms with Gasteiger partial charge >= 0.3 is 6.09 Å². The summed E-state index contributed by atoms with van der Waals surface area (Å²) in [5.41, 5.74) is 4.32. The Morgan fingerprint density at radius 2 is 1.76 bits per heavy atom. The average molecular weight is 566 g/mol. The van der Waals surface area contributed by atoms with Crippen LogP contribution >= 0.6 is 0 Å². The number of aliphatic hydroxyl groups is 2. The standard InChI is InChI=1S/C29H31N3O9/c1-38-17-5-2-15(3-6-17)13-39-29(37)31-30-20-11-21(33)26(34)24-18(20)7-8-19-25(24)28(36)32(27(19)35)12-16-4-9-22-23(10-16)41-14-40-22/h2-6,9-10,18-19,21,24-26,33-34H,7-8,11-14H2,1H3,(H,31,37)/t18-,19+,21+,24-,25+,26+/m0/s1. The molecule has 3 amide bonds. The summed E-state index contributed by atoms with van der Waals surface area (Å²) in [7, 11) is 1.56. The molecule has 12 heteroatoms. The smallest absolute Gasteiger partial charge is 0.428 e. The van der Waals surface area contributed by atoms with Crippen LogP contribution in [0.3, 0.4) is 0 Å². The van der Waals surface area contributed by atoms with Crippen molar-refractivity contribution in [2.75, 3.05) is 13.9 Å². The molecular formula is C29H31N3O9. The normalized spacial score (nSPS) is 29.2. The lowest BCUT2D eigenvalue weighted by molar-refractivity contribution is -0.142. The second-order valence-electron chi connectivity index (χ2n) is 10.7. The van der Waals surface area contributed by atoms with E-state index in [1.165, 1.54) is 4.90 Å². The number of nitrogens with one attached hydrogen (secondary N) is 1. The van der Waals surface area contributed by atoms with Gasteiger partial charge < -0.3 is 29.2 Å². The number of rotatable bonds is 6. The molecule has 0 radical (unpaired) electrons. The molecule has 3 N–H and O–H groups in total. The summed E-state index contributed by atoms with van der Waals surface area (Å²) < 4.78 is 21.1. The van der Waals surface area contributed by atoms with Gasteiger partial charge in [0.05, 0.1) is 37.7 Å². The van der Waals surface area contributed by atoms with Gasteiger partial charge in [0.1, 0.15) is 12.4 Å². The van der Waals surface area contributed by atoms with Gasteiger partial charge in [-0.2, -0.15) is 5.10 Å². The lowest BCUT2D eigenvalue weighted by Crippen LogP contribution is -2.55. The molecule has 2 aromatic carbocycles. The molecule has 1 saturated heterocycles. The second kappa shape index (κ2) is 11.0. The maximum absolute atomic E-state index is 13.6. The Labute approximate surface area is 235 Å². The number of aliphatic hydroxyl groups excluding tert-OH is 2. The molecular weight excluding hydrogens is 534 g/mol. The van der Waals surface area contributed by atoms with Crippen LogP contribution in [0.2, 0.25) is 0 Å². The van der Waals surface area contributed by atoms with Gasteiger partial charge in [0.2, 0.25) is 18.6 Å². The molecule has 2 aliphatic heterocycles. The van der Waals surface area contributed by atoms with E-state index >= 15 is 0 Å². The zero-order valence-electron chi connectivity index (χ0n) is 22.4. The number of benzene rings is 2. The summed E-state index contributed by atoms with van der Waals surface area (Å²) in [5.74, 6) is -1.33. The van der Waals surface area contributed by atoms with Crippen molar-refractivity contribution >= 4 is 23.6 Å². The van der Waals surface area contributed by atoms with Crippen LogP contribution in [0.4, 0.5) is 4.79 Å². The molecule has 0 bridgehead atoms. The molecule has 3 fully saturated rings. The van der Waals surface area contributed by atoms with Gasteiger partial charge in [0.15, 0.2) is 11.5 Å². The van der Waals surface area contributed by atoms with Crippen LogP contribution in [0, 0.1) is 23.7 Å². The van der Waals surface area contributed by atoms with E-state index in [0.717, 1.165) is 11.1 Å². The van der Waals surface area contributed by atoms with E-state index in [1.807, 2.05) is 0 Å². The number of fused-ring (bicyclic) bond motifs is 4. The lowest BCUT2D eigenvalue weighted by atomic mass is 9.60. The average Bonchev–Trinajstić information content (AvgIpc) is 3.55. The highest BCUT2D eigenvalue weighted by Gasteiger charge is 2.59. The number of methoxy groups -OCH3 is 1. The molecule has 4 aliphatic rings. The molecule has 6 atom stereocenters. The van der Waals surface area contributed by atoms with E-state index in [-0.39, 0.29) is 38.2 Å². The minimum Gasteiger partial charge on any atom is -0.497 e. The Morgan fingerprint density at radius 1 is 1.02 bits per heavy atom. The Morgan fingerprint density at radius 3 is 2.54 bits per heavy atom. The van der Waals surface area contributed by atoms with Crippen LogP contribution in [0.25, 0.3) is 0 Å². The largest absolute Gasteiger partial charge is 0.497 e. The van der Waals surface area contributed by atoms with Crippen molar-refractivity contribution in [3.05, 3.63) is 53.6 Å². The third-order valence-electron chi connectivity index (χ3n) is 8.47. The number of nitrogens with zero attached hydrogens (tertiary/aromatic N) is 2. The summed E-state index contributed by atoms with van der Waals surface area (Å²) in [6, 6.07) is 12.3. The number of amides is 3. The molecule has 2 heterocycles. The first-order valence-electron chi connectivity index (χ1n) is 13.6. The van der Waals surface area contributed by atoms with Gasteiger partial charge in [-0.25, -0.2) is 10.2 Å². The molecule has 41 heavy (non-hydrogen) atoms. The fraction of sp³-hybridized carbons (Fsp3) is 0.448. The fourth-order valence-electron chi connectivity index (χ4n) is 6.46. The van der Waals surface area contributed by atoms with Gasteiger partial charge in [0, 0.05) is 24.0 Å². The Kier molecular flexibility index (Phi) is 7.26. The van der Waals surface area contributed by atoms with Crippen molar-refractivity contribution in [1.29, 1.82) is 0 Å². The second-order valence-corrected chi connectivity index (χ2v) is 10.7. The van der Waals surface area contributed by atoms with E-state index in [4.69, 9.17) is 18.9 Å². The quantitative estimate of drug-likeness (QED) is 0.352. The number of hydrazone groups is 1. The highest BCUT2D eigenvalue weighted by molar-refractivity contribution is 6.06. The number of hydrogen-bond acceptors (Lipinski definition) is 10. The first-order chi connectivity index (χ1) is 19.8. The highest BCUT2D eigenvalue weighted by Crippen LogP contribution is 2.50. The lowest BCUT2D eigenvalue weighted by Gasteiger charge is -2.45. The summed E-state index contributed by atoms with van der Waals surface area (Å²) in [5, 5.41) is 25.9. The monoisotopic (exact) mass is 565 g/mol. The predicted molar refractivity (Wildman–Crippen MR) is 142 cm³/mol. The van der Waals surface area contributed by atoms with Crippen molar-refractivity contribution in [3.63, 3.8) is 0 Å². The topological polar surface area (TPSA) is 156 Å². The van der Waals surface area contributed by atoms with Gasteiger partial charge in [-0.3, -0.25) is 14.5 Å². The van der Waals surface area contributed by atoms with Crippen molar-refractivity contribution < 1.29 is 43.5 Å². The number of carbonyl (C=O) groups is 3. The van der Waals surface area contributed by atoms with E-state index in [0.29, 0.717) is 35.8 Å². The Balaban J connectivity index is 1.14. The third-order valence-corrected chi connectivity index (χ3v) is 8.47. The van der Waals surface area contributed by atoms with Crippen molar-refractivity contribution in [1.82, 2.24) is 10.3 Å². The number of ether oxygens (including phenoxy) is 4. The third kappa shape index (κ3) is 5.08. The van der Waals surface area contributed by atoms with E-state index in [2.05, 4.69) is 10.5 Å². The van der Waals surface area contributed by atoms with Crippen molar-refractivity contribution in [3.8, 4) is 17.2 Å². The SMILES string of the molecule is COc1ccc(COC(=O)NN=C2C[C@@H](O)[C@@H](O)[C@@H]3[C@@H]4C(=O)N(Cc5ccc6c(c5)OCO6)C(=O)[C@@H]4CC[C@@H]23)cc1. The van der Waals surface area contributed by atoms with E-state index in [9.17, 15) is 24.6 Å². The molecule has 12 nitrogen and oxygen atoms in total. The van der Waals surface area contributed by atoms with Crippen LogP contribution in [-0.2, 0) is 27.5 Å². The first kappa shape index (κ1) is 27.0. The van der Waals surface area contributed by atoms with E-state index < -0.39 is 42.0 Å². The Bertz CT molecular complexity index is 1380. The number of hydrogen-bond donors (Lipinski definition) is 3. The molecule has 6 rings (SSSR count). The molecule has 0 unspecified atom stereocenters. The number of carbonyl (C=O) groups excluding carboxylic acids is 3. The molecule has 2 aliphatic carbocycles. The fourth-order valence-corrected chi connectivity index (χ4v) is 6.46. The maximum Gasteiger partial charge on any atom is 0.428 e. The van der Waals surface area contributed by atoms with Crippen molar-refractivity contribution in [2.24, 2.45) is 28.8 Å². The minimum absolute atomic E-state index is 0.0215. The zero-order chi connectivity index (χ0) is 28.7. The van der Waals surface area contributed by atoms with Crippen LogP contribution in [0.5, 0.6) is 17.2 Å². The van der Waals surface area contributed by atoms with Gasteiger partial charge in [0.25, 0.3) is 0 Å². The number of likely N-dealkylation sites (tertiary alicyclic amines) is 1. The summed E-state index contributed by atoms with van der Waals surface area (Å²) in [6.45, 7) is 0.209. The maximum atomic E-state index is 13.6. The van der Waals surface area contributed by atoms with Gasteiger partial charge in [-0.05, 0) is 48.2 Å². The van der Waals surface area contributed by atoms with Gasteiger partial charge in [-0.15, -0.1) is 0 Å². The Hall–Kier alpha value is -4.16. The molecule has 2 saturated carbocycles. The van der Waals surface area contributed by atoms with Crippen molar-refractivity contribution in [2.45, 2.75) is 44.6 Å². The molecule has 2 aromatic rings. The molecule has 0 spiro atoms.